The van der Waals surface area contributed by atoms with Gasteiger partial charge in [-0.2, -0.15) is 10.1 Å². The monoisotopic (exact) mass is 415 g/mol. The van der Waals surface area contributed by atoms with Crippen molar-refractivity contribution in [3.8, 4) is 0 Å². The zero-order valence-corrected chi connectivity index (χ0v) is 16.5. The summed E-state index contributed by atoms with van der Waals surface area (Å²) in [7, 11) is 1.55. The molecule has 1 aromatic carbocycles. The van der Waals surface area contributed by atoms with Crippen molar-refractivity contribution in [1.82, 2.24) is 18.7 Å². The van der Waals surface area contributed by atoms with Crippen molar-refractivity contribution in [2.75, 3.05) is 11.6 Å². The van der Waals surface area contributed by atoms with Crippen molar-refractivity contribution in [3.63, 3.8) is 0 Å². The highest BCUT2D eigenvalue weighted by Gasteiger charge is 2.27. The van der Waals surface area contributed by atoms with Crippen LogP contribution >= 0.6 is 11.6 Å². The van der Waals surface area contributed by atoms with E-state index in [9.17, 15) is 14.4 Å². The van der Waals surface area contributed by atoms with Crippen LogP contribution in [-0.2, 0) is 24.9 Å². The number of halogens is 1. The molecule has 1 aliphatic heterocycles. The summed E-state index contributed by atoms with van der Waals surface area (Å²) in [6.45, 7) is 1.97. The summed E-state index contributed by atoms with van der Waals surface area (Å²) in [6, 6.07) is 6.97. The first-order valence-electron chi connectivity index (χ1n) is 8.80. The van der Waals surface area contributed by atoms with Crippen LogP contribution in [0.25, 0.3) is 11.2 Å². The van der Waals surface area contributed by atoms with E-state index in [-0.39, 0.29) is 30.2 Å². The molecule has 0 spiro atoms. The van der Waals surface area contributed by atoms with Crippen molar-refractivity contribution < 1.29 is 4.79 Å². The van der Waals surface area contributed by atoms with Crippen LogP contribution in [0.4, 0.5) is 5.95 Å². The number of rotatable bonds is 4. The van der Waals surface area contributed by atoms with Gasteiger partial charge in [0.25, 0.3) is 5.56 Å². The lowest BCUT2D eigenvalue weighted by atomic mass is 10.2. The van der Waals surface area contributed by atoms with Crippen molar-refractivity contribution >= 4 is 40.3 Å². The molecule has 11 heteroatoms. The first-order chi connectivity index (χ1) is 13.8. The molecule has 0 saturated carbocycles. The minimum absolute atomic E-state index is 0.0700. The van der Waals surface area contributed by atoms with Crippen molar-refractivity contribution in [1.29, 1.82) is 0 Å². The Morgan fingerprint density at radius 2 is 2.07 bits per heavy atom. The van der Waals surface area contributed by atoms with E-state index in [4.69, 9.17) is 17.3 Å². The highest BCUT2D eigenvalue weighted by molar-refractivity contribution is 6.30. The Balaban J connectivity index is 1.94. The van der Waals surface area contributed by atoms with Crippen LogP contribution in [0.1, 0.15) is 12.5 Å². The van der Waals surface area contributed by atoms with Gasteiger partial charge >= 0.3 is 5.69 Å². The molecule has 0 aliphatic carbocycles. The second-order valence-electron chi connectivity index (χ2n) is 6.89. The molecular formula is C18H18ClN7O3. The van der Waals surface area contributed by atoms with Crippen LogP contribution in [0, 0.1) is 0 Å². The predicted octanol–water partition coefficient (Wildman–Crippen LogP) is 0.280. The summed E-state index contributed by atoms with van der Waals surface area (Å²) in [5.41, 5.74) is 6.20. The number of imidazole rings is 1. The lowest BCUT2D eigenvalue weighted by molar-refractivity contribution is -0.116. The number of anilines is 1. The molecule has 0 radical (unpaired) electrons. The fourth-order valence-corrected chi connectivity index (χ4v) is 3.64. The maximum atomic E-state index is 13.3. The fourth-order valence-electron chi connectivity index (χ4n) is 3.43. The van der Waals surface area contributed by atoms with E-state index in [0.717, 1.165) is 10.1 Å². The van der Waals surface area contributed by atoms with Gasteiger partial charge in [0.05, 0.1) is 18.8 Å². The maximum absolute atomic E-state index is 13.3. The van der Waals surface area contributed by atoms with E-state index >= 15 is 0 Å². The van der Waals surface area contributed by atoms with Gasteiger partial charge in [0, 0.05) is 12.1 Å². The van der Waals surface area contributed by atoms with Crippen molar-refractivity contribution in [2.45, 2.75) is 20.0 Å². The molecule has 0 fully saturated rings. The molecule has 10 nitrogen and oxygen atoms in total. The average Bonchev–Trinajstić information content (AvgIpc) is 3.03. The third kappa shape index (κ3) is 3.21. The number of hydrogen-bond donors (Lipinski definition) is 1. The molecule has 3 heterocycles. The standard InChI is InChI=1S/C18H18ClN7O3/c1-10-7-24-14-15(21-17(24)26(22-10)9-13(20)27)23(2)18(29)25(16(14)28)8-11-4-3-5-12(19)6-11/h3-6H,7-9H2,1-2H3,(H2,20,27). The first kappa shape index (κ1) is 18.9. The Labute approximate surface area is 169 Å². The van der Waals surface area contributed by atoms with Gasteiger partial charge in [0.15, 0.2) is 11.2 Å². The molecule has 0 saturated heterocycles. The number of aryl methyl sites for hydroxylation is 1. The van der Waals surface area contributed by atoms with Crippen LogP contribution in [0.2, 0.25) is 5.02 Å². The fraction of sp³-hybridized carbons (Fsp3) is 0.278. The number of amides is 1. The van der Waals surface area contributed by atoms with E-state index < -0.39 is 17.2 Å². The van der Waals surface area contributed by atoms with Gasteiger partial charge in [0.2, 0.25) is 11.9 Å². The highest BCUT2D eigenvalue weighted by atomic mass is 35.5. The number of carbonyl (C=O) groups is 1. The van der Waals surface area contributed by atoms with Gasteiger partial charge in [-0.1, -0.05) is 23.7 Å². The molecule has 2 N–H and O–H groups in total. The number of nitrogens with zero attached hydrogens (tertiary/aromatic N) is 6. The van der Waals surface area contributed by atoms with E-state index in [0.29, 0.717) is 17.3 Å². The van der Waals surface area contributed by atoms with E-state index in [2.05, 4.69) is 10.1 Å². The zero-order chi connectivity index (χ0) is 20.9. The van der Waals surface area contributed by atoms with Crippen molar-refractivity contribution in [2.24, 2.45) is 17.9 Å². The number of nitrogens with two attached hydrogens (primary N) is 1. The summed E-state index contributed by atoms with van der Waals surface area (Å²) in [6.07, 6.45) is 0. The maximum Gasteiger partial charge on any atom is 0.332 e. The number of fused-ring (bicyclic) bond motifs is 3. The quantitative estimate of drug-likeness (QED) is 0.656. The smallest absolute Gasteiger partial charge is 0.332 e. The largest absolute Gasteiger partial charge is 0.368 e. The van der Waals surface area contributed by atoms with Crippen molar-refractivity contribution in [3.05, 3.63) is 55.7 Å². The van der Waals surface area contributed by atoms with Gasteiger partial charge in [0.1, 0.15) is 6.54 Å². The van der Waals surface area contributed by atoms with Crippen LogP contribution in [0.3, 0.4) is 0 Å². The Morgan fingerprint density at radius 3 is 2.76 bits per heavy atom. The van der Waals surface area contributed by atoms with Crippen LogP contribution in [0.15, 0.2) is 39.0 Å². The molecule has 4 rings (SSSR count). The molecule has 1 amide bonds. The van der Waals surface area contributed by atoms with Gasteiger partial charge in [-0.3, -0.25) is 23.3 Å². The van der Waals surface area contributed by atoms with Gasteiger partial charge in [-0.05, 0) is 24.6 Å². The average molecular weight is 416 g/mol. The number of benzene rings is 1. The summed E-state index contributed by atoms with van der Waals surface area (Å²) in [4.78, 5) is 41.9. The third-order valence-electron chi connectivity index (χ3n) is 4.66. The Kier molecular flexibility index (Phi) is 4.50. The number of primary amides is 1. The lowest BCUT2D eigenvalue weighted by Gasteiger charge is -2.23. The minimum Gasteiger partial charge on any atom is -0.368 e. The topological polar surface area (TPSA) is 121 Å². The molecule has 3 aromatic rings. The molecular weight excluding hydrogens is 398 g/mol. The number of aromatic nitrogens is 4. The molecule has 0 unspecified atom stereocenters. The molecule has 1 aliphatic rings. The van der Waals surface area contributed by atoms with Gasteiger partial charge < -0.3 is 5.73 Å². The zero-order valence-electron chi connectivity index (χ0n) is 15.8. The number of hydrazone groups is 1. The SMILES string of the molecule is CC1=NN(CC(N)=O)c2nc3c(c(=O)n(Cc4cccc(Cl)c4)c(=O)n3C)n2C1. The van der Waals surface area contributed by atoms with Gasteiger partial charge in [-0.15, -0.1) is 0 Å². The number of carbonyl (C=O) groups excluding carboxylic acids is 1. The normalized spacial score (nSPS) is 13.5. The molecule has 0 bridgehead atoms. The van der Waals surface area contributed by atoms with Crippen LogP contribution in [-0.4, -0.2) is 36.8 Å². The van der Waals surface area contributed by atoms with E-state index in [1.54, 1.807) is 42.8 Å². The molecule has 2 aromatic heterocycles. The molecule has 29 heavy (non-hydrogen) atoms. The van der Waals surface area contributed by atoms with E-state index in [1.807, 2.05) is 0 Å². The minimum atomic E-state index is -0.589. The third-order valence-corrected chi connectivity index (χ3v) is 4.89. The molecule has 150 valence electrons. The molecule has 0 atom stereocenters. The summed E-state index contributed by atoms with van der Waals surface area (Å²) >= 11 is 6.03. The lowest BCUT2D eigenvalue weighted by Crippen LogP contribution is -2.40. The number of hydrogen-bond acceptors (Lipinski definition) is 6. The van der Waals surface area contributed by atoms with E-state index in [1.165, 1.54) is 9.58 Å². The summed E-state index contributed by atoms with van der Waals surface area (Å²) < 4.78 is 4.10. The summed E-state index contributed by atoms with van der Waals surface area (Å²) in [5.74, 6) is -0.300. The Morgan fingerprint density at radius 1 is 1.31 bits per heavy atom. The second-order valence-corrected chi connectivity index (χ2v) is 7.33. The Hall–Kier alpha value is -3.40. The Bertz CT molecular complexity index is 1300. The summed E-state index contributed by atoms with van der Waals surface area (Å²) in [5, 5.41) is 6.15. The first-order valence-corrected chi connectivity index (χ1v) is 9.18. The van der Waals surface area contributed by atoms with Crippen LogP contribution in [0.5, 0.6) is 0 Å². The van der Waals surface area contributed by atoms with Crippen LogP contribution < -0.4 is 22.0 Å². The van der Waals surface area contributed by atoms with Gasteiger partial charge in [-0.25, -0.2) is 9.80 Å². The predicted molar refractivity (Wildman–Crippen MR) is 109 cm³/mol. The highest BCUT2D eigenvalue weighted by Crippen LogP contribution is 2.23. The second kappa shape index (κ2) is 6.89.